The first kappa shape index (κ1) is 13.9. The highest BCUT2D eigenvalue weighted by Crippen LogP contribution is 2.22. The molecule has 1 aromatic rings. The fraction of sp³-hybridized carbons (Fsp3) is 0.538. The molecule has 0 aromatic heterocycles. The predicted molar refractivity (Wildman–Crippen MR) is 62.7 cm³/mol. The molecule has 0 aliphatic rings. The molecule has 2 heteroatoms. The molecule has 0 fully saturated rings. The van der Waals surface area contributed by atoms with Crippen LogP contribution in [0, 0.1) is 18.7 Å². The monoisotopic (exact) mass is 212 g/mol. The number of hydrogen-bond acceptors (Lipinski definition) is 1. The van der Waals surface area contributed by atoms with Crippen molar-refractivity contribution in [3.05, 3.63) is 29.1 Å². The lowest BCUT2D eigenvalue weighted by atomic mass is 10.0. The third kappa shape index (κ3) is 4.32. The maximum Gasteiger partial charge on any atom is 0.126 e. The van der Waals surface area contributed by atoms with Gasteiger partial charge in [0.15, 0.2) is 0 Å². The van der Waals surface area contributed by atoms with E-state index in [1.807, 2.05) is 27.7 Å². The summed E-state index contributed by atoms with van der Waals surface area (Å²) in [5.74, 6) is 0.359. The van der Waals surface area contributed by atoms with Crippen LogP contribution in [0.15, 0.2) is 12.1 Å². The van der Waals surface area contributed by atoms with Gasteiger partial charge in [-0.2, -0.15) is 0 Å². The molecule has 86 valence electrons. The third-order valence-corrected chi connectivity index (χ3v) is 1.99. The summed E-state index contributed by atoms with van der Waals surface area (Å²) in [5.41, 5.74) is 1.18. The van der Waals surface area contributed by atoms with E-state index >= 15 is 0 Å². The van der Waals surface area contributed by atoms with Crippen molar-refractivity contribution >= 4 is 0 Å². The first-order valence-electron chi connectivity index (χ1n) is 5.48. The van der Waals surface area contributed by atoms with Crippen molar-refractivity contribution in [3.8, 4) is 5.75 Å². The SMILES string of the molecule is CC.Cc1cc(F)c(CC(C)C)cc1O. The number of phenolic OH excluding ortho intramolecular Hbond substituents is 1. The Morgan fingerprint density at radius 3 is 2.27 bits per heavy atom. The molecule has 0 radical (unpaired) electrons. The zero-order valence-electron chi connectivity index (χ0n) is 10.3. The van der Waals surface area contributed by atoms with E-state index in [0.717, 1.165) is 0 Å². The van der Waals surface area contributed by atoms with Crippen LogP contribution in [-0.4, -0.2) is 5.11 Å². The zero-order valence-corrected chi connectivity index (χ0v) is 10.3. The van der Waals surface area contributed by atoms with Crippen LogP contribution in [0.3, 0.4) is 0 Å². The summed E-state index contributed by atoms with van der Waals surface area (Å²) in [7, 11) is 0. The lowest BCUT2D eigenvalue weighted by molar-refractivity contribution is 0.465. The molecule has 15 heavy (non-hydrogen) atoms. The van der Waals surface area contributed by atoms with Gasteiger partial charge in [-0.25, -0.2) is 4.39 Å². The molecule has 1 nitrogen and oxygen atoms in total. The quantitative estimate of drug-likeness (QED) is 0.783. The minimum Gasteiger partial charge on any atom is -0.508 e. The van der Waals surface area contributed by atoms with Gasteiger partial charge >= 0.3 is 0 Å². The standard InChI is InChI=1S/C11H15FO.C2H6/c1-7(2)4-9-6-11(13)8(3)5-10(9)12;1-2/h5-7,13H,4H2,1-3H3;1-2H3. The van der Waals surface area contributed by atoms with Crippen molar-refractivity contribution < 1.29 is 9.50 Å². The molecule has 0 saturated heterocycles. The molecular weight excluding hydrogens is 191 g/mol. The van der Waals surface area contributed by atoms with E-state index in [0.29, 0.717) is 23.5 Å². The molecule has 0 heterocycles. The van der Waals surface area contributed by atoms with Crippen molar-refractivity contribution in [1.29, 1.82) is 0 Å². The number of halogens is 1. The Morgan fingerprint density at radius 2 is 1.80 bits per heavy atom. The molecular formula is C13H21FO. The molecule has 1 aromatic carbocycles. The van der Waals surface area contributed by atoms with Crippen LogP contribution in [-0.2, 0) is 6.42 Å². The van der Waals surface area contributed by atoms with Crippen LogP contribution in [0.2, 0.25) is 0 Å². The Labute approximate surface area is 92.0 Å². The van der Waals surface area contributed by atoms with Crippen molar-refractivity contribution in [2.24, 2.45) is 5.92 Å². The van der Waals surface area contributed by atoms with E-state index in [4.69, 9.17) is 0 Å². The molecule has 0 aliphatic carbocycles. The molecule has 0 unspecified atom stereocenters. The topological polar surface area (TPSA) is 20.2 Å². The van der Waals surface area contributed by atoms with E-state index in [-0.39, 0.29) is 11.6 Å². The highest BCUT2D eigenvalue weighted by atomic mass is 19.1. The largest absolute Gasteiger partial charge is 0.508 e. The van der Waals surface area contributed by atoms with Gasteiger partial charge in [-0.15, -0.1) is 0 Å². The molecule has 0 aliphatic heterocycles. The molecule has 1 N–H and O–H groups in total. The summed E-state index contributed by atoms with van der Waals surface area (Å²) in [5, 5.41) is 9.37. The first-order chi connectivity index (χ1) is 7.00. The summed E-state index contributed by atoms with van der Waals surface area (Å²) in [6.07, 6.45) is 0.666. The van der Waals surface area contributed by atoms with Gasteiger partial charge < -0.3 is 5.11 Å². The Bertz CT molecular complexity index is 306. The van der Waals surface area contributed by atoms with Gasteiger partial charge in [-0.05, 0) is 42.5 Å². The maximum absolute atomic E-state index is 13.3. The van der Waals surface area contributed by atoms with Crippen LogP contribution < -0.4 is 0 Å². The minimum absolute atomic E-state index is 0.178. The summed E-state index contributed by atoms with van der Waals surface area (Å²) < 4.78 is 13.3. The van der Waals surface area contributed by atoms with Gasteiger partial charge in [0.05, 0.1) is 0 Å². The smallest absolute Gasteiger partial charge is 0.126 e. The lowest BCUT2D eigenvalue weighted by Gasteiger charge is -2.08. The van der Waals surface area contributed by atoms with Gasteiger partial charge in [-0.3, -0.25) is 0 Å². The van der Waals surface area contributed by atoms with E-state index < -0.39 is 0 Å². The van der Waals surface area contributed by atoms with E-state index in [1.54, 1.807) is 6.92 Å². The molecule has 0 amide bonds. The van der Waals surface area contributed by atoms with Crippen LogP contribution in [0.5, 0.6) is 5.75 Å². The molecule has 0 spiro atoms. The number of rotatable bonds is 2. The van der Waals surface area contributed by atoms with Crippen LogP contribution >= 0.6 is 0 Å². The van der Waals surface area contributed by atoms with Crippen molar-refractivity contribution in [3.63, 3.8) is 0 Å². The lowest BCUT2D eigenvalue weighted by Crippen LogP contribution is -1.98. The highest BCUT2D eigenvalue weighted by Gasteiger charge is 2.07. The second-order valence-electron chi connectivity index (χ2n) is 3.83. The van der Waals surface area contributed by atoms with E-state index in [2.05, 4.69) is 0 Å². The van der Waals surface area contributed by atoms with Gasteiger partial charge in [-0.1, -0.05) is 27.7 Å². The van der Waals surface area contributed by atoms with E-state index in [9.17, 15) is 9.50 Å². The third-order valence-electron chi connectivity index (χ3n) is 1.99. The molecule has 1 rings (SSSR count). The summed E-state index contributed by atoms with van der Waals surface area (Å²) in [4.78, 5) is 0. The first-order valence-corrected chi connectivity index (χ1v) is 5.48. The summed E-state index contributed by atoms with van der Waals surface area (Å²) in [6.45, 7) is 9.74. The van der Waals surface area contributed by atoms with Crippen LogP contribution in [0.4, 0.5) is 4.39 Å². The Morgan fingerprint density at radius 1 is 1.27 bits per heavy atom. The predicted octanol–water partition coefficient (Wildman–Crippen LogP) is 4.06. The van der Waals surface area contributed by atoms with Crippen molar-refractivity contribution in [2.75, 3.05) is 0 Å². The Balaban J connectivity index is 0.000000921. The molecule has 0 atom stereocenters. The average Bonchev–Trinajstić information content (AvgIpc) is 2.17. The van der Waals surface area contributed by atoms with Gasteiger partial charge in [0, 0.05) is 0 Å². The second kappa shape index (κ2) is 6.44. The Hall–Kier alpha value is -1.05. The number of aryl methyl sites for hydroxylation is 1. The van der Waals surface area contributed by atoms with Gasteiger partial charge in [0.25, 0.3) is 0 Å². The second-order valence-corrected chi connectivity index (χ2v) is 3.83. The van der Waals surface area contributed by atoms with E-state index in [1.165, 1.54) is 12.1 Å². The highest BCUT2D eigenvalue weighted by molar-refractivity contribution is 5.36. The van der Waals surface area contributed by atoms with Gasteiger partial charge in [0.2, 0.25) is 0 Å². The molecule has 0 bridgehead atoms. The Kier molecular flexibility index (Phi) is 5.99. The number of aromatic hydroxyl groups is 1. The van der Waals surface area contributed by atoms with Crippen molar-refractivity contribution in [1.82, 2.24) is 0 Å². The fourth-order valence-corrected chi connectivity index (χ4v) is 1.30. The number of hydrogen-bond donors (Lipinski definition) is 1. The fourth-order valence-electron chi connectivity index (χ4n) is 1.30. The zero-order chi connectivity index (χ0) is 12.0. The minimum atomic E-state index is -0.219. The maximum atomic E-state index is 13.3. The summed E-state index contributed by atoms with van der Waals surface area (Å²) >= 11 is 0. The average molecular weight is 212 g/mol. The normalized spacial score (nSPS) is 9.80. The number of phenols is 1. The van der Waals surface area contributed by atoms with Crippen molar-refractivity contribution in [2.45, 2.75) is 41.0 Å². The molecule has 0 saturated carbocycles. The van der Waals surface area contributed by atoms with Crippen LogP contribution in [0.1, 0.15) is 38.8 Å². The summed E-state index contributed by atoms with van der Waals surface area (Å²) in [6, 6.07) is 2.90. The van der Waals surface area contributed by atoms with Crippen LogP contribution in [0.25, 0.3) is 0 Å². The number of benzene rings is 1. The van der Waals surface area contributed by atoms with Gasteiger partial charge in [0.1, 0.15) is 11.6 Å².